The number of thiazole rings is 1. The maximum atomic E-state index is 13.2. The van der Waals surface area contributed by atoms with E-state index in [0.717, 1.165) is 34.3 Å². The average molecular weight is 521 g/mol. The molecule has 1 saturated heterocycles. The number of hydrogen-bond acceptors (Lipinski definition) is 7. The number of piperazine rings is 1. The van der Waals surface area contributed by atoms with Crippen molar-refractivity contribution >= 4 is 49.6 Å². The van der Waals surface area contributed by atoms with Gasteiger partial charge in [0.1, 0.15) is 0 Å². The lowest BCUT2D eigenvalue weighted by molar-refractivity contribution is 0.0697. The summed E-state index contributed by atoms with van der Waals surface area (Å²) in [6, 6.07) is 10.4. The SMILES string of the molecule is O=C(c1nc2c(s1)CN(CCO)CC2)N1CCN(S(=O)(=O)c2ccc3cc(Cl)ccc3c2)CC1. The van der Waals surface area contributed by atoms with Crippen molar-refractivity contribution in [1.29, 1.82) is 0 Å². The predicted octanol–water partition coefficient (Wildman–Crippen LogP) is 2.45. The number of sulfonamides is 1. The molecule has 3 heterocycles. The quantitative estimate of drug-likeness (QED) is 0.555. The minimum absolute atomic E-state index is 0.112. The number of benzene rings is 2. The summed E-state index contributed by atoms with van der Waals surface area (Å²) >= 11 is 7.43. The zero-order chi connectivity index (χ0) is 23.9. The van der Waals surface area contributed by atoms with Crippen LogP contribution >= 0.6 is 22.9 Å². The molecule has 0 radical (unpaired) electrons. The molecule has 180 valence electrons. The fraction of sp³-hybridized carbons (Fsp3) is 0.391. The van der Waals surface area contributed by atoms with Gasteiger partial charge in [0.2, 0.25) is 10.0 Å². The standard InChI is InChI=1S/C23H25ClN4O4S2/c24-18-3-1-17-14-19(4-2-16(17)13-18)34(31,32)28-9-7-27(8-10-28)23(30)22-25-20-5-6-26(11-12-29)15-21(20)33-22/h1-4,13-14,29H,5-12,15H2. The maximum Gasteiger partial charge on any atom is 0.282 e. The Hall–Kier alpha value is -2.08. The van der Waals surface area contributed by atoms with Crippen LogP contribution in [-0.4, -0.2) is 84.4 Å². The molecule has 11 heteroatoms. The van der Waals surface area contributed by atoms with E-state index in [1.807, 2.05) is 6.07 Å². The number of amides is 1. The van der Waals surface area contributed by atoms with E-state index >= 15 is 0 Å². The topological polar surface area (TPSA) is 94.1 Å². The Labute approximate surface area is 207 Å². The van der Waals surface area contributed by atoms with Crippen LogP contribution in [0.15, 0.2) is 41.3 Å². The molecule has 0 saturated carbocycles. The summed E-state index contributed by atoms with van der Waals surface area (Å²) in [7, 11) is -3.67. The zero-order valence-electron chi connectivity index (χ0n) is 18.5. The van der Waals surface area contributed by atoms with E-state index in [4.69, 9.17) is 11.6 Å². The highest BCUT2D eigenvalue weighted by Gasteiger charge is 2.32. The van der Waals surface area contributed by atoms with Gasteiger partial charge in [0, 0.05) is 62.1 Å². The Balaban J connectivity index is 1.26. The van der Waals surface area contributed by atoms with Gasteiger partial charge >= 0.3 is 0 Å². The molecule has 3 aromatic rings. The number of aromatic nitrogens is 1. The molecule has 2 aliphatic heterocycles. The highest BCUT2D eigenvalue weighted by Crippen LogP contribution is 2.28. The van der Waals surface area contributed by atoms with Crippen LogP contribution in [0.3, 0.4) is 0 Å². The van der Waals surface area contributed by atoms with Gasteiger partial charge in [0.05, 0.1) is 17.2 Å². The number of β-amino-alcohol motifs (C(OH)–C–C–N with tert-alkyl or cyclic N) is 1. The minimum atomic E-state index is -3.67. The lowest BCUT2D eigenvalue weighted by atomic mass is 10.1. The van der Waals surface area contributed by atoms with Crippen LogP contribution < -0.4 is 0 Å². The Morgan fingerprint density at radius 2 is 1.79 bits per heavy atom. The Kier molecular flexibility index (Phi) is 6.62. The number of hydrogen-bond donors (Lipinski definition) is 1. The van der Waals surface area contributed by atoms with Crippen molar-refractivity contribution in [3.8, 4) is 0 Å². The van der Waals surface area contributed by atoms with Crippen molar-refractivity contribution in [2.24, 2.45) is 0 Å². The van der Waals surface area contributed by atoms with Crippen LogP contribution in [0.1, 0.15) is 20.4 Å². The number of rotatable bonds is 5. The summed E-state index contributed by atoms with van der Waals surface area (Å²) in [5, 5.41) is 11.9. The first-order valence-electron chi connectivity index (χ1n) is 11.2. The molecule has 8 nitrogen and oxygen atoms in total. The second-order valence-corrected chi connectivity index (χ2v) is 11.9. The molecule has 0 spiro atoms. The van der Waals surface area contributed by atoms with E-state index in [2.05, 4.69) is 9.88 Å². The number of nitrogens with zero attached hydrogens (tertiary/aromatic N) is 4. The van der Waals surface area contributed by atoms with Crippen LogP contribution in [0.5, 0.6) is 0 Å². The minimum Gasteiger partial charge on any atom is -0.395 e. The van der Waals surface area contributed by atoms with E-state index in [1.54, 1.807) is 35.2 Å². The van der Waals surface area contributed by atoms with Crippen molar-refractivity contribution in [2.45, 2.75) is 17.9 Å². The third-order valence-corrected chi connectivity index (χ3v) is 9.55. The summed E-state index contributed by atoms with van der Waals surface area (Å²) in [6.07, 6.45) is 0.767. The van der Waals surface area contributed by atoms with Gasteiger partial charge in [-0.1, -0.05) is 23.7 Å². The second-order valence-electron chi connectivity index (χ2n) is 8.49. The number of aliphatic hydroxyl groups excluding tert-OH is 1. The van der Waals surface area contributed by atoms with Crippen LogP contribution in [0, 0.1) is 0 Å². The maximum absolute atomic E-state index is 13.2. The molecular weight excluding hydrogens is 496 g/mol. The summed E-state index contributed by atoms with van der Waals surface area (Å²) in [4.78, 5) is 22.8. The average Bonchev–Trinajstić information content (AvgIpc) is 3.27. The predicted molar refractivity (Wildman–Crippen MR) is 132 cm³/mol. The second kappa shape index (κ2) is 9.52. The molecule has 0 bridgehead atoms. The first kappa shape index (κ1) is 23.7. The smallest absolute Gasteiger partial charge is 0.282 e. The van der Waals surface area contributed by atoms with E-state index < -0.39 is 10.0 Å². The summed E-state index contributed by atoms with van der Waals surface area (Å²) in [5.74, 6) is -0.146. The Bertz CT molecular complexity index is 1340. The monoisotopic (exact) mass is 520 g/mol. The molecule has 1 fully saturated rings. The lowest BCUT2D eigenvalue weighted by Crippen LogP contribution is -2.50. The fourth-order valence-corrected chi connectivity index (χ4v) is 7.20. The summed E-state index contributed by atoms with van der Waals surface area (Å²) in [5.41, 5.74) is 0.960. The van der Waals surface area contributed by atoms with Crippen molar-refractivity contribution in [2.75, 3.05) is 45.9 Å². The molecule has 0 aliphatic carbocycles. The van der Waals surface area contributed by atoms with Gasteiger partial charge in [0.15, 0.2) is 5.01 Å². The first-order valence-corrected chi connectivity index (χ1v) is 13.8. The number of carbonyl (C=O) groups excluding carboxylic acids is 1. The number of carbonyl (C=O) groups is 1. The molecule has 34 heavy (non-hydrogen) atoms. The molecule has 2 aliphatic rings. The van der Waals surface area contributed by atoms with E-state index in [0.29, 0.717) is 36.2 Å². The zero-order valence-corrected chi connectivity index (χ0v) is 20.9. The third kappa shape index (κ3) is 4.58. The van der Waals surface area contributed by atoms with Crippen molar-refractivity contribution in [3.63, 3.8) is 0 Å². The third-order valence-electron chi connectivity index (χ3n) is 6.35. The van der Waals surface area contributed by atoms with E-state index in [1.165, 1.54) is 15.6 Å². The van der Waals surface area contributed by atoms with Crippen molar-refractivity contribution in [1.82, 2.24) is 19.1 Å². The van der Waals surface area contributed by atoms with Gasteiger partial charge in [-0.05, 0) is 35.0 Å². The highest BCUT2D eigenvalue weighted by molar-refractivity contribution is 7.89. The number of aliphatic hydroxyl groups is 1. The van der Waals surface area contributed by atoms with Gasteiger partial charge in [-0.2, -0.15) is 4.31 Å². The molecule has 1 aromatic heterocycles. The molecule has 2 aromatic carbocycles. The summed E-state index contributed by atoms with van der Waals surface area (Å²) in [6.45, 7) is 3.37. The van der Waals surface area contributed by atoms with Gasteiger partial charge in [-0.3, -0.25) is 9.69 Å². The molecular formula is C23H25ClN4O4S2. The van der Waals surface area contributed by atoms with E-state index in [-0.39, 0.29) is 30.5 Å². The molecule has 0 atom stereocenters. The molecule has 1 amide bonds. The van der Waals surface area contributed by atoms with Crippen LogP contribution in [0.4, 0.5) is 0 Å². The molecule has 1 N–H and O–H groups in total. The highest BCUT2D eigenvalue weighted by atomic mass is 35.5. The molecule has 5 rings (SSSR count). The number of fused-ring (bicyclic) bond motifs is 2. The van der Waals surface area contributed by atoms with Crippen molar-refractivity contribution in [3.05, 3.63) is 57.0 Å². The van der Waals surface area contributed by atoms with Crippen LogP contribution in [0.25, 0.3) is 10.8 Å². The van der Waals surface area contributed by atoms with Crippen LogP contribution in [0.2, 0.25) is 5.02 Å². The van der Waals surface area contributed by atoms with Gasteiger partial charge in [-0.25, -0.2) is 13.4 Å². The lowest BCUT2D eigenvalue weighted by Gasteiger charge is -2.33. The largest absolute Gasteiger partial charge is 0.395 e. The van der Waals surface area contributed by atoms with E-state index in [9.17, 15) is 18.3 Å². The fourth-order valence-electron chi connectivity index (χ4n) is 4.44. The Morgan fingerprint density at radius 3 is 2.56 bits per heavy atom. The van der Waals surface area contributed by atoms with Gasteiger partial charge < -0.3 is 10.0 Å². The van der Waals surface area contributed by atoms with Crippen LogP contribution in [-0.2, 0) is 23.0 Å². The first-order chi connectivity index (χ1) is 16.3. The number of halogens is 1. The normalized spacial score (nSPS) is 17.8. The Morgan fingerprint density at radius 1 is 1.06 bits per heavy atom. The summed E-state index contributed by atoms with van der Waals surface area (Å²) < 4.78 is 27.9. The van der Waals surface area contributed by atoms with Gasteiger partial charge in [-0.15, -0.1) is 11.3 Å². The van der Waals surface area contributed by atoms with Gasteiger partial charge in [0.25, 0.3) is 5.91 Å². The van der Waals surface area contributed by atoms with Crippen molar-refractivity contribution < 1.29 is 18.3 Å². The molecule has 0 unspecified atom stereocenters.